The van der Waals surface area contributed by atoms with Crippen LogP contribution in [0.15, 0.2) is 29.4 Å². The van der Waals surface area contributed by atoms with Gasteiger partial charge in [0.1, 0.15) is 5.44 Å². The first-order valence-corrected chi connectivity index (χ1v) is 8.90. The van der Waals surface area contributed by atoms with Gasteiger partial charge in [-0.1, -0.05) is 17.8 Å². The van der Waals surface area contributed by atoms with Crippen LogP contribution in [0.3, 0.4) is 0 Å². The highest BCUT2D eigenvalue weighted by molar-refractivity contribution is 7.99. The van der Waals surface area contributed by atoms with E-state index < -0.39 is 47.8 Å². The van der Waals surface area contributed by atoms with Crippen LogP contribution in [0.5, 0.6) is 0 Å². The number of carbonyl (C=O) groups excluding carboxylic acids is 3. The molecule has 0 amide bonds. The zero-order valence-corrected chi connectivity index (χ0v) is 15.7. The van der Waals surface area contributed by atoms with Crippen LogP contribution < -0.4 is 0 Å². The Kier molecular flexibility index (Phi) is 6.98. The topological polar surface area (TPSA) is 101 Å². The van der Waals surface area contributed by atoms with Gasteiger partial charge in [0.15, 0.2) is 18.3 Å². The molecule has 1 aromatic heterocycles. The number of esters is 3. The molecule has 0 saturated carbocycles. The van der Waals surface area contributed by atoms with Crippen LogP contribution in [0.4, 0.5) is 0 Å². The van der Waals surface area contributed by atoms with Gasteiger partial charge in [0, 0.05) is 27.0 Å². The normalized spacial score (nSPS) is 28.1. The van der Waals surface area contributed by atoms with Gasteiger partial charge in [-0.15, -0.1) is 0 Å². The number of hydrogen-bond acceptors (Lipinski definition) is 9. The lowest BCUT2D eigenvalue weighted by Crippen LogP contribution is -2.59. The van der Waals surface area contributed by atoms with Crippen LogP contribution in [0.25, 0.3) is 0 Å². The van der Waals surface area contributed by atoms with E-state index in [0.29, 0.717) is 5.03 Å². The first kappa shape index (κ1) is 20.2. The molecule has 0 radical (unpaired) electrons. The van der Waals surface area contributed by atoms with Gasteiger partial charge in [-0.2, -0.15) is 0 Å². The zero-order valence-electron chi connectivity index (χ0n) is 14.9. The molecule has 0 aromatic carbocycles. The van der Waals surface area contributed by atoms with E-state index in [0.717, 1.165) is 0 Å². The highest BCUT2D eigenvalue weighted by Crippen LogP contribution is 2.36. The molecule has 1 aliphatic heterocycles. The van der Waals surface area contributed by atoms with E-state index in [9.17, 15) is 14.4 Å². The molecule has 26 heavy (non-hydrogen) atoms. The lowest BCUT2D eigenvalue weighted by molar-refractivity contribution is -0.229. The number of ether oxygens (including phenoxy) is 4. The van der Waals surface area contributed by atoms with Gasteiger partial charge < -0.3 is 18.9 Å². The van der Waals surface area contributed by atoms with Crippen LogP contribution >= 0.6 is 11.8 Å². The Morgan fingerprint density at radius 1 is 0.962 bits per heavy atom. The summed E-state index contributed by atoms with van der Waals surface area (Å²) in [6.45, 7) is 5.41. The highest BCUT2D eigenvalue weighted by Gasteiger charge is 2.50. The molecule has 8 nitrogen and oxygen atoms in total. The third-order valence-corrected chi connectivity index (χ3v) is 4.60. The average Bonchev–Trinajstić information content (AvgIpc) is 2.54. The van der Waals surface area contributed by atoms with E-state index in [-0.39, 0.29) is 0 Å². The monoisotopic (exact) mass is 383 g/mol. The number of carbonyl (C=O) groups is 3. The molecule has 1 fully saturated rings. The summed E-state index contributed by atoms with van der Waals surface area (Å²) in [5, 5.41) is 0.648. The standard InChI is InChI=1S/C17H21NO7S/c1-9-14(23-10(2)19)15(24-11(3)20)16(25-12(4)21)17(22-9)26-13-7-5-6-8-18-13/h5-9,14-17H,1-4H3/t9-,14+,15-,16+,17+/m0/s1. The summed E-state index contributed by atoms with van der Waals surface area (Å²) >= 11 is 1.23. The predicted molar refractivity (Wildman–Crippen MR) is 91.1 cm³/mol. The van der Waals surface area contributed by atoms with Gasteiger partial charge in [-0.25, -0.2) is 4.98 Å². The number of thioether (sulfide) groups is 1. The van der Waals surface area contributed by atoms with Crippen molar-refractivity contribution in [2.45, 2.75) is 62.6 Å². The van der Waals surface area contributed by atoms with Crippen molar-refractivity contribution in [2.75, 3.05) is 0 Å². The van der Waals surface area contributed by atoms with Crippen LogP contribution in [0.2, 0.25) is 0 Å². The van der Waals surface area contributed by atoms with Gasteiger partial charge in [0.25, 0.3) is 0 Å². The van der Waals surface area contributed by atoms with E-state index in [1.54, 1.807) is 25.3 Å². The van der Waals surface area contributed by atoms with E-state index >= 15 is 0 Å². The van der Waals surface area contributed by atoms with Crippen molar-refractivity contribution in [2.24, 2.45) is 0 Å². The molecule has 1 saturated heterocycles. The molecule has 5 atom stereocenters. The molecule has 0 bridgehead atoms. The first-order chi connectivity index (χ1) is 12.3. The second-order valence-corrected chi connectivity index (χ2v) is 6.84. The Balaban J connectivity index is 2.33. The van der Waals surface area contributed by atoms with Crippen molar-refractivity contribution in [3.63, 3.8) is 0 Å². The lowest BCUT2D eigenvalue weighted by Gasteiger charge is -2.43. The van der Waals surface area contributed by atoms with Crippen LogP contribution in [0.1, 0.15) is 27.7 Å². The van der Waals surface area contributed by atoms with E-state index in [1.807, 2.05) is 6.07 Å². The molecular formula is C17H21NO7S. The summed E-state index contributed by atoms with van der Waals surface area (Å²) in [6.07, 6.45) is -1.83. The summed E-state index contributed by atoms with van der Waals surface area (Å²) in [4.78, 5) is 38.8. The summed E-state index contributed by atoms with van der Waals surface area (Å²) in [5.74, 6) is -1.71. The molecule has 2 rings (SSSR count). The van der Waals surface area contributed by atoms with Crippen molar-refractivity contribution < 1.29 is 33.3 Å². The molecule has 142 valence electrons. The fourth-order valence-electron chi connectivity index (χ4n) is 2.60. The second-order valence-electron chi connectivity index (χ2n) is 5.72. The van der Waals surface area contributed by atoms with Gasteiger partial charge in [0.2, 0.25) is 0 Å². The van der Waals surface area contributed by atoms with Crippen LogP contribution in [-0.2, 0) is 33.3 Å². The van der Waals surface area contributed by atoms with Crippen molar-refractivity contribution in [3.8, 4) is 0 Å². The Morgan fingerprint density at radius 3 is 2.08 bits per heavy atom. The summed E-state index contributed by atoms with van der Waals surface area (Å²) in [6, 6.07) is 5.37. The Morgan fingerprint density at radius 2 is 1.54 bits per heavy atom. The molecule has 2 heterocycles. The maximum atomic E-state index is 11.6. The molecular weight excluding hydrogens is 362 g/mol. The number of aromatic nitrogens is 1. The van der Waals surface area contributed by atoms with Gasteiger partial charge in [0.05, 0.1) is 11.1 Å². The average molecular weight is 383 g/mol. The van der Waals surface area contributed by atoms with Crippen molar-refractivity contribution in [1.29, 1.82) is 0 Å². The fourth-order valence-corrected chi connectivity index (χ4v) is 3.69. The SMILES string of the molecule is CC(=O)O[C@@H]1[C@@H](OC(C)=O)[C@@H](Sc2ccccn2)O[C@@H](C)[C@H]1OC(C)=O. The zero-order chi connectivity index (χ0) is 19.3. The predicted octanol–water partition coefficient (Wildman–Crippen LogP) is 1.71. The number of pyridine rings is 1. The van der Waals surface area contributed by atoms with Crippen LogP contribution in [-0.4, -0.2) is 52.7 Å². The molecule has 1 aliphatic rings. The maximum Gasteiger partial charge on any atom is 0.303 e. The van der Waals surface area contributed by atoms with Gasteiger partial charge >= 0.3 is 17.9 Å². The first-order valence-electron chi connectivity index (χ1n) is 8.02. The molecule has 0 N–H and O–H groups in total. The third kappa shape index (κ3) is 5.43. The smallest absolute Gasteiger partial charge is 0.303 e. The minimum absolute atomic E-state index is 0.556. The molecule has 9 heteroatoms. The van der Waals surface area contributed by atoms with E-state index in [4.69, 9.17) is 18.9 Å². The van der Waals surface area contributed by atoms with Crippen molar-refractivity contribution in [1.82, 2.24) is 4.98 Å². The number of hydrogen-bond donors (Lipinski definition) is 0. The molecule has 0 unspecified atom stereocenters. The Bertz CT molecular complexity index is 654. The van der Waals surface area contributed by atoms with E-state index in [2.05, 4.69) is 4.98 Å². The largest absolute Gasteiger partial charge is 0.456 e. The van der Waals surface area contributed by atoms with Gasteiger partial charge in [-0.05, 0) is 19.1 Å². The fraction of sp³-hybridized carbons (Fsp3) is 0.529. The van der Waals surface area contributed by atoms with Crippen LogP contribution in [0, 0.1) is 0 Å². The number of rotatable bonds is 5. The minimum atomic E-state index is -0.995. The molecule has 1 aromatic rings. The number of nitrogens with zero attached hydrogens (tertiary/aromatic N) is 1. The summed E-state index contributed by atoms with van der Waals surface area (Å²) in [5.41, 5.74) is -0.694. The molecule has 0 aliphatic carbocycles. The minimum Gasteiger partial charge on any atom is -0.456 e. The Hall–Kier alpha value is -2.13. The Labute approximate surface area is 155 Å². The summed E-state index contributed by atoms with van der Waals surface area (Å²) in [7, 11) is 0. The molecule has 0 spiro atoms. The third-order valence-electron chi connectivity index (χ3n) is 3.51. The van der Waals surface area contributed by atoms with Gasteiger partial charge in [-0.3, -0.25) is 14.4 Å². The highest BCUT2D eigenvalue weighted by atomic mass is 32.2. The summed E-state index contributed by atoms with van der Waals surface area (Å²) < 4.78 is 21.9. The van der Waals surface area contributed by atoms with Crippen molar-refractivity contribution >= 4 is 29.7 Å². The maximum absolute atomic E-state index is 11.6. The van der Waals surface area contributed by atoms with Crippen molar-refractivity contribution in [3.05, 3.63) is 24.4 Å². The van der Waals surface area contributed by atoms with E-state index in [1.165, 1.54) is 32.5 Å². The second kappa shape index (κ2) is 9.00. The quantitative estimate of drug-likeness (QED) is 0.555. The lowest BCUT2D eigenvalue weighted by atomic mass is 10.00.